The largest absolute Gasteiger partial charge is 0.380 e. The molecule has 5 nitrogen and oxygen atoms in total. The monoisotopic (exact) mass is 297 g/mol. The van der Waals surface area contributed by atoms with Crippen molar-refractivity contribution in [1.82, 2.24) is 15.0 Å². The summed E-state index contributed by atoms with van der Waals surface area (Å²) in [7, 11) is 0. The van der Waals surface area contributed by atoms with E-state index in [1.807, 2.05) is 0 Å². The van der Waals surface area contributed by atoms with Crippen molar-refractivity contribution >= 4 is 5.78 Å². The molecule has 1 N–H and O–H groups in total. The third kappa shape index (κ3) is 2.64. The summed E-state index contributed by atoms with van der Waals surface area (Å²) in [6, 6.07) is 12.1. The standard InChI is InChI=1S/C16H12FN3O2/c17-12-6-7-13(14(10-12)20-18-8-9-19-20)16(22)15(21)11-4-2-1-3-5-11/h1-10,16,22H. The Balaban J connectivity index is 2.03. The molecule has 1 atom stereocenters. The van der Waals surface area contributed by atoms with E-state index in [4.69, 9.17) is 0 Å². The van der Waals surface area contributed by atoms with E-state index in [1.165, 1.54) is 35.4 Å². The van der Waals surface area contributed by atoms with Crippen molar-refractivity contribution in [3.05, 3.63) is 77.9 Å². The van der Waals surface area contributed by atoms with Crippen LogP contribution in [0.25, 0.3) is 5.69 Å². The van der Waals surface area contributed by atoms with Gasteiger partial charge in [0.2, 0.25) is 0 Å². The zero-order valence-corrected chi connectivity index (χ0v) is 11.4. The fourth-order valence-electron chi connectivity index (χ4n) is 2.16. The Kier molecular flexibility index (Phi) is 3.76. The molecule has 6 heteroatoms. The minimum Gasteiger partial charge on any atom is -0.380 e. The Hall–Kier alpha value is -2.86. The second kappa shape index (κ2) is 5.87. The molecule has 0 aliphatic rings. The highest BCUT2D eigenvalue weighted by molar-refractivity contribution is 6.00. The van der Waals surface area contributed by atoms with Crippen molar-refractivity contribution in [2.24, 2.45) is 0 Å². The lowest BCUT2D eigenvalue weighted by molar-refractivity contribution is 0.0746. The number of carbonyl (C=O) groups is 1. The van der Waals surface area contributed by atoms with E-state index < -0.39 is 17.7 Å². The average molecular weight is 297 g/mol. The minimum atomic E-state index is -1.43. The molecule has 2 aromatic carbocycles. The van der Waals surface area contributed by atoms with E-state index in [0.717, 1.165) is 0 Å². The summed E-state index contributed by atoms with van der Waals surface area (Å²) >= 11 is 0. The normalized spacial score (nSPS) is 12.1. The number of Topliss-reactive ketones (excluding diaryl/α,β-unsaturated/α-hetero) is 1. The van der Waals surface area contributed by atoms with Gasteiger partial charge in [-0.05, 0) is 6.07 Å². The third-order valence-corrected chi connectivity index (χ3v) is 3.23. The van der Waals surface area contributed by atoms with Crippen LogP contribution >= 0.6 is 0 Å². The number of benzene rings is 2. The second-order valence-electron chi connectivity index (χ2n) is 4.65. The van der Waals surface area contributed by atoms with Gasteiger partial charge in [0.05, 0.1) is 18.1 Å². The summed E-state index contributed by atoms with van der Waals surface area (Å²) in [5.41, 5.74) is 0.840. The predicted molar refractivity (Wildman–Crippen MR) is 77.0 cm³/mol. The van der Waals surface area contributed by atoms with Crippen LogP contribution in [0.4, 0.5) is 4.39 Å². The van der Waals surface area contributed by atoms with E-state index in [0.29, 0.717) is 5.56 Å². The molecule has 0 bridgehead atoms. The first kappa shape index (κ1) is 14.1. The van der Waals surface area contributed by atoms with Crippen molar-refractivity contribution in [1.29, 1.82) is 0 Å². The van der Waals surface area contributed by atoms with Crippen LogP contribution < -0.4 is 0 Å². The summed E-state index contributed by atoms with van der Waals surface area (Å²) in [5, 5.41) is 18.2. The Morgan fingerprint density at radius 3 is 2.45 bits per heavy atom. The van der Waals surface area contributed by atoms with Crippen LogP contribution in [0, 0.1) is 5.82 Å². The number of aromatic nitrogens is 3. The van der Waals surface area contributed by atoms with Crippen LogP contribution in [-0.2, 0) is 0 Å². The molecule has 0 spiro atoms. The average Bonchev–Trinajstić information content (AvgIpc) is 3.08. The Morgan fingerprint density at radius 2 is 1.77 bits per heavy atom. The summed E-state index contributed by atoms with van der Waals surface area (Å²) in [5.74, 6) is -0.976. The number of hydrogen-bond acceptors (Lipinski definition) is 4. The van der Waals surface area contributed by atoms with Crippen LogP contribution in [0.2, 0.25) is 0 Å². The first-order valence-electron chi connectivity index (χ1n) is 6.60. The van der Waals surface area contributed by atoms with Crippen molar-refractivity contribution < 1.29 is 14.3 Å². The fourth-order valence-corrected chi connectivity index (χ4v) is 2.16. The molecule has 1 heterocycles. The van der Waals surface area contributed by atoms with Gasteiger partial charge in [-0.15, -0.1) is 0 Å². The number of halogens is 1. The van der Waals surface area contributed by atoms with E-state index in [-0.39, 0.29) is 11.3 Å². The van der Waals surface area contributed by atoms with Gasteiger partial charge in [-0.1, -0.05) is 36.4 Å². The SMILES string of the molecule is O=C(c1ccccc1)C(O)c1ccc(F)cc1-n1nccn1. The molecular formula is C16H12FN3O2. The first-order chi connectivity index (χ1) is 10.7. The molecule has 3 rings (SSSR count). The number of rotatable bonds is 4. The van der Waals surface area contributed by atoms with E-state index in [1.54, 1.807) is 30.3 Å². The maximum atomic E-state index is 13.5. The van der Waals surface area contributed by atoms with Gasteiger partial charge in [0.1, 0.15) is 11.9 Å². The lowest BCUT2D eigenvalue weighted by Crippen LogP contribution is -2.16. The van der Waals surface area contributed by atoms with Crippen molar-refractivity contribution in [2.45, 2.75) is 6.10 Å². The van der Waals surface area contributed by atoms with Gasteiger partial charge in [0.15, 0.2) is 5.78 Å². The molecule has 3 aromatic rings. The molecule has 0 fully saturated rings. The van der Waals surface area contributed by atoms with Crippen LogP contribution in [0.3, 0.4) is 0 Å². The zero-order chi connectivity index (χ0) is 15.5. The number of nitrogens with zero attached hydrogens (tertiary/aromatic N) is 3. The van der Waals surface area contributed by atoms with Gasteiger partial charge < -0.3 is 5.11 Å². The Bertz CT molecular complexity index is 788. The van der Waals surface area contributed by atoms with E-state index >= 15 is 0 Å². The fraction of sp³-hybridized carbons (Fsp3) is 0.0625. The Morgan fingerprint density at radius 1 is 1.09 bits per heavy atom. The van der Waals surface area contributed by atoms with Gasteiger partial charge in [0, 0.05) is 17.2 Å². The van der Waals surface area contributed by atoms with Crippen LogP contribution in [0.5, 0.6) is 0 Å². The highest BCUT2D eigenvalue weighted by Gasteiger charge is 2.23. The zero-order valence-electron chi connectivity index (χ0n) is 11.4. The molecular weight excluding hydrogens is 285 g/mol. The Labute approximate surface area is 125 Å². The number of hydrogen-bond donors (Lipinski definition) is 1. The minimum absolute atomic E-state index is 0.224. The maximum absolute atomic E-state index is 13.5. The second-order valence-corrected chi connectivity index (χ2v) is 4.65. The molecule has 0 amide bonds. The van der Waals surface area contributed by atoms with Gasteiger partial charge in [-0.2, -0.15) is 15.0 Å². The van der Waals surface area contributed by atoms with Crippen LogP contribution in [0.1, 0.15) is 22.0 Å². The van der Waals surface area contributed by atoms with Gasteiger partial charge >= 0.3 is 0 Å². The summed E-state index contributed by atoms with van der Waals surface area (Å²) in [6.07, 6.45) is 1.43. The maximum Gasteiger partial charge on any atom is 0.195 e. The van der Waals surface area contributed by atoms with Crippen molar-refractivity contribution in [2.75, 3.05) is 0 Å². The smallest absolute Gasteiger partial charge is 0.195 e. The molecule has 1 aromatic heterocycles. The van der Waals surface area contributed by atoms with Crippen LogP contribution in [-0.4, -0.2) is 25.9 Å². The molecule has 0 saturated carbocycles. The third-order valence-electron chi connectivity index (χ3n) is 3.23. The topological polar surface area (TPSA) is 68.0 Å². The highest BCUT2D eigenvalue weighted by Crippen LogP contribution is 2.25. The lowest BCUT2D eigenvalue weighted by Gasteiger charge is -2.14. The van der Waals surface area contributed by atoms with E-state index in [9.17, 15) is 14.3 Å². The van der Waals surface area contributed by atoms with Gasteiger partial charge in [-0.3, -0.25) is 4.79 Å². The molecule has 110 valence electrons. The number of aliphatic hydroxyl groups is 1. The van der Waals surface area contributed by atoms with Gasteiger partial charge in [0.25, 0.3) is 0 Å². The summed E-state index contributed by atoms with van der Waals surface area (Å²) < 4.78 is 13.5. The predicted octanol–water partition coefficient (Wildman–Crippen LogP) is 2.32. The first-order valence-corrected chi connectivity index (χ1v) is 6.60. The molecule has 22 heavy (non-hydrogen) atoms. The molecule has 0 aliphatic heterocycles. The number of ketones is 1. The summed E-state index contributed by atoms with van der Waals surface area (Å²) in [6.45, 7) is 0. The number of carbonyl (C=O) groups excluding carboxylic acids is 1. The van der Waals surface area contributed by atoms with E-state index in [2.05, 4.69) is 10.2 Å². The quantitative estimate of drug-likeness (QED) is 0.750. The van der Waals surface area contributed by atoms with Gasteiger partial charge in [-0.25, -0.2) is 4.39 Å². The molecule has 0 aliphatic carbocycles. The highest BCUT2D eigenvalue weighted by atomic mass is 19.1. The molecule has 0 saturated heterocycles. The lowest BCUT2D eigenvalue weighted by atomic mass is 9.98. The number of aliphatic hydroxyl groups excluding tert-OH is 1. The van der Waals surface area contributed by atoms with Crippen molar-refractivity contribution in [3.63, 3.8) is 0 Å². The molecule has 0 radical (unpaired) electrons. The van der Waals surface area contributed by atoms with Crippen LogP contribution in [0.15, 0.2) is 60.9 Å². The van der Waals surface area contributed by atoms with Crippen molar-refractivity contribution in [3.8, 4) is 5.69 Å². The summed E-state index contributed by atoms with van der Waals surface area (Å²) in [4.78, 5) is 13.5. The molecule has 1 unspecified atom stereocenters.